The van der Waals surface area contributed by atoms with E-state index in [-0.39, 0.29) is 0 Å². The number of nitrogens with zero attached hydrogens (tertiary/aromatic N) is 1. The van der Waals surface area contributed by atoms with Crippen molar-refractivity contribution in [2.75, 3.05) is 13.1 Å². The minimum absolute atomic E-state index is 0.660. The number of aryl methyl sites for hydroxylation is 2. The summed E-state index contributed by atoms with van der Waals surface area (Å²) in [6.45, 7) is 10.4. The molecule has 1 N–H and O–H groups in total. The van der Waals surface area contributed by atoms with Crippen LogP contribution in [0.4, 0.5) is 0 Å². The average Bonchev–Trinajstić information content (AvgIpc) is 2.80. The van der Waals surface area contributed by atoms with Crippen LogP contribution in [0.2, 0.25) is 0 Å². The summed E-state index contributed by atoms with van der Waals surface area (Å²) >= 11 is 1.98. The Balaban J connectivity index is 1.62. The van der Waals surface area contributed by atoms with Crippen molar-refractivity contribution in [3.8, 4) is 0 Å². The monoisotopic (exact) mass is 306 g/mol. The molecule has 3 heteroatoms. The molecule has 21 heavy (non-hydrogen) atoms. The van der Waals surface area contributed by atoms with Gasteiger partial charge in [0.15, 0.2) is 0 Å². The molecule has 1 saturated heterocycles. The van der Waals surface area contributed by atoms with Gasteiger partial charge in [-0.2, -0.15) is 0 Å². The van der Waals surface area contributed by atoms with Gasteiger partial charge < -0.3 is 5.32 Å². The van der Waals surface area contributed by atoms with E-state index in [9.17, 15) is 0 Å². The predicted molar refractivity (Wildman–Crippen MR) is 92.0 cm³/mol. The number of nitrogens with one attached hydrogen (secondary N) is 1. The molecule has 2 unspecified atom stereocenters. The van der Waals surface area contributed by atoms with Crippen molar-refractivity contribution in [3.05, 3.63) is 21.4 Å². The molecule has 1 aromatic heterocycles. The third-order valence-electron chi connectivity index (χ3n) is 5.52. The highest BCUT2D eigenvalue weighted by Gasteiger charge is 2.31. The summed E-state index contributed by atoms with van der Waals surface area (Å²) in [5.41, 5.74) is 1.46. The lowest BCUT2D eigenvalue weighted by Gasteiger charge is -2.42. The van der Waals surface area contributed by atoms with Crippen LogP contribution in [-0.4, -0.2) is 30.1 Å². The molecule has 1 aliphatic heterocycles. The molecule has 2 atom stereocenters. The van der Waals surface area contributed by atoms with E-state index in [4.69, 9.17) is 0 Å². The largest absolute Gasteiger partial charge is 0.311 e. The molecule has 2 heterocycles. The zero-order chi connectivity index (χ0) is 14.8. The lowest BCUT2D eigenvalue weighted by molar-refractivity contribution is 0.0990. The van der Waals surface area contributed by atoms with Gasteiger partial charge in [-0.3, -0.25) is 4.90 Å². The highest BCUT2D eigenvalue weighted by Crippen LogP contribution is 2.29. The molecule has 118 valence electrons. The van der Waals surface area contributed by atoms with Crippen molar-refractivity contribution in [1.82, 2.24) is 10.2 Å². The zero-order valence-electron chi connectivity index (χ0n) is 13.8. The van der Waals surface area contributed by atoms with Crippen LogP contribution in [0.1, 0.15) is 54.3 Å². The molecule has 2 aliphatic rings. The van der Waals surface area contributed by atoms with Gasteiger partial charge in [-0.25, -0.2) is 0 Å². The van der Waals surface area contributed by atoms with E-state index in [0.29, 0.717) is 6.04 Å². The van der Waals surface area contributed by atoms with Gasteiger partial charge in [-0.1, -0.05) is 19.3 Å². The minimum Gasteiger partial charge on any atom is -0.311 e. The van der Waals surface area contributed by atoms with Crippen LogP contribution in [0.25, 0.3) is 0 Å². The van der Waals surface area contributed by atoms with Crippen molar-refractivity contribution in [2.24, 2.45) is 5.92 Å². The van der Waals surface area contributed by atoms with E-state index in [1.165, 1.54) is 49.1 Å². The molecule has 2 nitrogen and oxygen atoms in total. The molecule has 1 aliphatic carbocycles. The molecule has 0 spiro atoms. The maximum absolute atomic E-state index is 3.83. The van der Waals surface area contributed by atoms with E-state index in [2.05, 4.69) is 37.1 Å². The maximum Gasteiger partial charge on any atom is 0.0332 e. The number of piperazine rings is 1. The highest BCUT2D eigenvalue weighted by atomic mass is 32.1. The van der Waals surface area contributed by atoms with Crippen LogP contribution in [0.5, 0.6) is 0 Å². The predicted octanol–water partition coefficient (Wildman–Crippen LogP) is 4.11. The van der Waals surface area contributed by atoms with Gasteiger partial charge in [-0.05, 0) is 51.2 Å². The van der Waals surface area contributed by atoms with Gasteiger partial charge in [0.2, 0.25) is 0 Å². The molecule has 3 rings (SSSR count). The minimum atomic E-state index is 0.660. The summed E-state index contributed by atoms with van der Waals surface area (Å²) in [6, 6.07) is 3.78. The molecular weight excluding hydrogens is 276 g/mol. The Morgan fingerprint density at radius 3 is 2.67 bits per heavy atom. The smallest absolute Gasteiger partial charge is 0.0332 e. The summed E-state index contributed by atoms with van der Waals surface area (Å²) < 4.78 is 0. The van der Waals surface area contributed by atoms with Gasteiger partial charge in [0.25, 0.3) is 0 Å². The van der Waals surface area contributed by atoms with E-state index in [1.54, 1.807) is 4.88 Å². The SMILES string of the molecule is Cc1cc(CN2CC(C3CCCCC3)NCC2C)sc1C. The molecule has 0 aromatic carbocycles. The fourth-order valence-electron chi connectivity index (χ4n) is 3.95. The first kappa shape index (κ1) is 15.5. The van der Waals surface area contributed by atoms with Crippen LogP contribution in [0.15, 0.2) is 6.07 Å². The second-order valence-corrected chi connectivity index (χ2v) is 8.48. The van der Waals surface area contributed by atoms with Gasteiger partial charge in [0, 0.05) is 41.5 Å². The van der Waals surface area contributed by atoms with Gasteiger partial charge in [0.05, 0.1) is 0 Å². The van der Waals surface area contributed by atoms with Crippen molar-refractivity contribution >= 4 is 11.3 Å². The molecule has 1 aromatic rings. The second-order valence-electron chi connectivity index (χ2n) is 7.14. The number of hydrogen-bond acceptors (Lipinski definition) is 3. The zero-order valence-corrected chi connectivity index (χ0v) is 14.6. The Bertz CT molecular complexity index is 442. The van der Waals surface area contributed by atoms with Gasteiger partial charge >= 0.3 is 0 Å². The first-order chi connectivity index (χ1) is 10.1. The summed E-state index contributed by atoms with van der Waals surface area (Å²) in [5.74, 6) is 0.917. The summed E-state index contributed by atoms with van der Waals surface area (Å²) in [7, 11) is 0. The normalized spacial score (nSPS) is 28.9. The Kier molecular flexibility index (Phi) is 5.03. The highest BCUT2D eigenvalue weighted by molar-refractivity contribution is 7.12. The van der Waals surface area contributed by atoms with Crippen LogP contribution in [0, 0.1) is 19.8 Å². The lowest BCUT2D eigenvalue weighted by Crippen LogP contribution is -2.57. The van der Waals surface area contributed by atoms with Crippen LogP contribution >= 0.6 is 11.3 Å². The lowest BCUT2D eigenvalue weighted by atomic mass is 9.82. The fraction of sp³-hybridized carbons (Fsp3) is 0.778. The molecule has 0 amide bonds. The first-order valence-electron chi connectivity index (χ1n) is 8.67. The maximum atomic E-state index is 3.83. The first-order valence-corrected chi connectivity index (χ1v) is 9.48. The third-order valence-corrected chi connectivity index (χ3v) is 6.66. The van der Waals surface area contributed by atoms with Crippen LogP contribution in [0.3, 0.4) is 0 Å². The van der Waals surface area contributed by atoms with Crippen molar-refractivity contribution in [2.45, 2.75) is 71.5 Å². The molecule has 1 saturated carbocycles. The Labute approximate surface area is 133 Å². The molecule has 0 radical (unpaired) electrons. The number of rotatable bonds is 3. The second kappa shape index (κ2) is 6.80. The van der Waals surface area contributed by atoms with E-state index >= 15 is 0 Å². The van der Waals surface area contributed by atoms with Gasteiger partial charge in [0.1, 0.15) is 0 Å². The third kappa shape index (κ3) is 3.69. The van der Waals surface area contributed by atoms with Crippen molar-refractivity contribution < 1.29 is 0 Å². The van der Waals surface area contributed by atoms with E-state index in [1.807, 2.05) is 11.3 Å². The molecule has 2 fully saturated rings. The number of hydrogen-bond donors (Lipinski definition) is 1. The summed E-state index contributed by atoms with van der Waals surface area (Å²) in [5, 5.41) is 3.83. The topological polar surface area (TPSA) is 15.3 Å². The quantitative estimate of drug-likeness (QED) is 0.904. The molecule has 0 bridgehead atoms. The Hall–Kier alpha value is -0.380. The summed E-state index contributed by atoms with van der Waals surface area (Å²) in [4.78, 5) is 5.73. The van der Waals surface area contributed by atoms with Crippen LogP contribution < -0.4 is 5.32 Å². The van der Waals surface area contributed by atoms with E-state index in [0.717, 1.165) is 25.0 Å². The number of thiophene rings is 1. The standard InChI is InChI=1S/C18H30N2S/c1-13-9-17(21-15(13)3)11-20-12-18(19-10-14(20)2)16-7-5-4-6-8-16/h9,14,16,18-19H,4-8,10-12H2,1-3H3. The van der Waals surface area contributed by atoms with Crippen molar-refractivity contribution in [3.63, 3.8) is 0 Å². The van der Waals surface area contributed by atoms with Crippen molar-refractivity contribution in [1.29, 1.82) is 0 Å². The van der Waals surface area contributed by atoms with Crippen LogP contribution in [-0.2, 0) is 6.54 Å². The Morgan fingerprint density at radius 1 is 1.24 bits per heavy atom. The Morgan fingerprint density at radius 2 is 2.00 bits per heavy atom. The fourth-order valence-corrected chi connectivity index (χ4v) is 5.03. The summed E-state index contributed by atoms with van der Waals surface area (Å²) in [6.07, 6.45) is 7.23. The average molecular weight is 307 g/mol. The van der Waals surface area contributed by atoms with Gasteiger partial charge in [-0.15, -0.1) is 11.3 Å². The van der Waals surface area contributed by atoms with E-state index < -0.39 is 0 Å². The molecular formula is C18H30N2S.